The summed E-state index contributed by atoms with van der Waals surface area (Å²) in [5.41, 5.74) is 2.51. The Kier molecular flexibility index (Phi) is 3.97. The van der Waals surface area contributed by atoms with E-state index in [1.165, 1.54) is 0 Å². The van der Waals surface area contributed by atoms with E-state index in [9.17, 15) is 4.79 Å². The van der Waals surface area contributed by atoms with Crippen LogP contribution in [0.5, 0.6) is 0 Å². The molecule has 3 aromatic heterocycles. The van der Waals surface area contributed by atoms with E-state index in [4.69, 9.17) is 4.52 Å². The average molecular weight is 371 g/mol. The van der Waals surface area contributed by atoms with Gasteiger partial charge in [0.05, 0.1) is 5.92 Å². The largest absolute Gasteiger partial charge is 0.339 e. The van der Waals surface area contributed by atoms with Crippen LogP contribution in [-0.4, -0.2) is 43.6 Å². The Labute approximate surface area is 161 Å². The molecule has 0 N–H and O–H groups in total. The predicted octanol–water partition coefficient (Wildman–Crippen LogP) is 3.16. The number of benzene rings is 1. The molecule has 1 saturated heterocycles. The lowest BCUT2D eigenvalue weighted by Crippen LogP contribution is -2.48. The fraction of sp³-hybridized carbons (Fsp3) is 0.143. The second-order valence-electron chi connectivity index (χ2n) is 6.74. The van der Waals surface area contributed by atoms with Gasteiger partial charge in [-0.2, -0.15) is 4.98 Å². The van der Waals surface area contributed by atoms with Gasteiger partial charge in [-0.3, -0.25) is 9.78 Å². The lowest BCUT2D eigenvalue weighted by atomic mass is 9.98. The summed E-state index contributed by atoms with van der Waals surface area (Å²) in [4.78, 5) is 23.0. The zero-order valence-corrected chi connectivity index (χ0v) is 15.0. The molecule has 1 amide bonds. The molecule has 138 valence electrons. The van der Waals surface area contributed by atoms with Gasteiger partial charge in [-0.05, 0) is 48.5 Å². The number of nitrogens with zero attached hydrogens (tertiary/aromatic N) is 5. The van der Waals surface area contributed by atoms with Crippen molar-refractivity contribution in [1.82, 2.24) is 24.6 Å². The van der Waals surface area contributed by atoms with Crippen molar-refractivity contribution in [1.29, 1.82) is 0 Å². The van der Waals surface area contributed by atoms with Crippen LogP contribution < -0.4 is 0 Å². The van der Waals surface area contributed by atoms with Crippen molar-refractivity contribution in [2.45, 2.75) is 5.92 Å². The summed E-state index contributed by atoms with van der Waals surface area (Å²) in [6.45, 7) is 1.15. The van der Waals surface area contributed by atoms with Gasteiger partial charge in [0.2, 0.25) is 11.7 Å². The summed E-state index contributed by atoms with van der Waals surface area (Å²) in [6, 6.07) is 15.3. The highest BCUT2D eigenvalue weighted by molar-refractivity contribution is 5.95. The average Bonchev–Trinajstić information content (AvgIpc) is 3.40. The molecule has 0 atom stereocenters. The van der Waals surface area contributed by atoms with Crippen LogP contribution in [0.2, 0.25) is 0 Å². The maximum Gasteiger partial charge on any atom is 0.253 e. The standard InChI is InChI=1S/C21H17N5O2/c27-21(15-5-7-18(8-6-15)25-10-1-2-11-25)26-13-17(14-26)20-23-19(24-28-20)16-4-3-9-22-12-16/h1-12,17H,13-14H2. The molecule has 1 aromatic carbocycles. The molecule has 0 bridgehead atoms. The Hall–Kier alpha value is -3.74. The van der Waals surface area contributed by atoms with Gasteiger partial charge in [-0.1, -0.05) is 5.16 Å². The quantitative estimate of drug-likeness (QED) is 0.551. The molecule has 1 fully saturated rings. The van der Waals surface area contributed by atoms with Gasteiger partial charge < -0.3 is 14.0 Å². The van der Waals surface area contributed by atoms with Crippen LogP contribution in [0.1, 0.15) is 22.2 Å². The molecular formula is C21H17N5O2. The molecule has 0 radical (unpaired) electrons. The van der Waals surface area contributed by atoms with Gasteiger partial charge in [0, 0.05) is 54.7 Å². The second kappa shape index (κ2) is 6.77. The highest BCUT2D eigenvalue weighted by Gasteiger charge is 2.36. The molecule has 0 saturated carbocycles. The zero-order valence-electron chi connectivity index (χ0n) is 15.0. The van der Waals surface area contributed by atoms with Crippen molar-refractivity contribution in [2.75, 3.05) is 13.1 Å². The third-order valence-electron chi connectivity index (χ3n) is 4.90. The van der Waals surface area contributed by atoms with Crippen LogP contribution >= 0.6 is 0 Å². The number of hydrogen-bond donors (Lipinski definition) is 0. The van der Waals surface area contributed by atoms with Gasteiger partial charge in [0.1, 0.15) is 0 Å². The first kappa shape index (κ1) is 16.4. The molecule has 1 aliphatic rings. The molecule has 7 heteroatoms. The van der Waals surface area contributed by atoms with Crippen LogP contribution in [0.15, 0.2) is 77.8 Å². The third kappa shape index (κ3) is 2.96. The molecular weight excluding hydrogens is 354 g/mol. The molecule has 4 heterocycles. The second-order valence-corrected chi connectivity index (χ2v) is 6.74. The SMILES string of the molecule is O=C(c1ccc(-n2cccc2)cc1)N1CC(c2nc(-c3cccnc3)no2)C1. The van der Waals surface area contributed by atoms with Crippen molar-refractivity contribution in [3.8, 4) is 17.1 Å². The first-order valence-corrected chi connectivity index (χ1v) is 9.04. The van der Waals surface area contributed by atoms with E-state index in [-0.39, 0.29) is 11.8 Å². The molecule has 4 aromatic rings. The van der Waals surface area contributed by atoms with Crippen molar-refractivity contribution >= 4 is 5.91 Å². The molecule has 0 unspecified atom stereocenters. The van der Waals surface area contributed by atoms with E-state index in [1.807, 2.05) is 65.5 Å². The molecule has 5 rings (SSSR count). The predicted molar refractivity (Wildman–Crippen MR) is 102 cm³/mol. The van der Waals surface area contributed by atoms with Gasteiger partial charge in [-0.15, -0.1) is 0 Å². The topological polar surface area (TPSA) is 77.1 Å². The van der Waals surface area contributed by atoms with Crippen molar-refractivity contribution < 1.29 is 9.32 Å². The van der Waals surface area contributed by atoms with E-state index in [2.05, 4.69) is 15.1 Å². The maximum atomic E-state index is 12.7. The smallest absolute Gasteiger partial charge is 0.253 e. The van der Waals surface area contributed by atoms with Crippen LogP contribution in [-0.2, 0) is 0 Å². The zero-order chi connectivity index (χ0) is 18.9. The lowest BCUT2D eigenvalue weighted by molar-refractivity contribution is 0.0569. The van der Waals surface area contributed by atoms with Gasteiger partial charge >= 0.3 is 0 Å². The van der Waals surface area contributed by atoms with E-state index < -0.39 is 0 Å². The fourth-order valence-electron chi connectivity index (χ4n) is 3.28. The number of amides is 1. The van der Waals surface area contributed by atoms with Gasteiger partial charge in [0.15, 0.2) is 0 Å². The number of aromatic nitrogens is 4. The van der Waals surface area contributed by atoms with Crippen LogP contribution in [0.4, 0.5) is 0 Å². The summed E-state index contributed by atoms with van der Waals surface area (Å²) in [5.74, 6) is 1.17. The van der Waals surface area contributed by atoms with Crippen LogP contribution in [0.3, 0.4) is 0 Å². The van der Waals surface area contributed by atoms with Crippen molar-refractivity contribution in [2.24, 2.45) is 0 Å². The molecule has 0 spiro atoms. The maximum absolute atomic E-state index is 12.7. The number of pyridine rings is 1. The molecule has 0 aliphatic carbocycles. The first-order valence-electron chi connectivity index (χ1n) is 9.04. The summed E-state index contributed by atoms with van der Waals surface area (Å²) >= 11 is 0. The van der Waals surface area contributed by atoms with E-state index in [1.54, 1.807) is 17.3 Å². The van der Waals surface area contributed by atoms with Gasteiger partial charge in [0.25, 0.3) is 5.91 Å². The Morgan fingerprint density at radius 2 is 1.82 bits per heavy atom. The Morgan fingerprint density at radius 3 is 2.54 bits per heavy atom. The minimum absolute atomic E-state index is 0.0160. The normalized spacial score (nSPS) is 14.1. The minimum Gasteiger partial charge on any atom is -0.339 e. The lowest BCUT2D eigenvalue weighted by Gasteiger charge is -2.37. The fourth-order valence-corrected chi connectivity index (χ4v) is 3.28. The first-order chi connectivity index (χ1) is 13.8. The molecule has 7 nitrogen and oxygen atoms in total. The van der Waals surface area contributed by atoms with Gasteiger partial charge in [-0.25, -0.2) is 0 Å². The van der Waals surface area contributed by atoms with E-state index in [0.717, 1.165) is 11.3 Å². The number of likely N-dealkylation sites (tertiary alicyclic amines) is 1. The third-order valence-corrected chi connectivity index (χ3v) is 4.90. The summed E-state index contributed by atoms with van der Waals surface area (Å²) < 4.78 is 7.39. The summed E-state index contributed by atoms with van der Waals surface area (Å²) in [6.07, 6.45) is 7.34. The highest BCUT2D eigenvalue weighted by Crippen LogP contribution is 2.28. The summed E-state index contributed by atoms with van der Waals surface area (Å²) in [7, 11) is 0. The highest BCUT2D eigenvalue weighted by atomic mass is 16.5. The van der Waals surface area contributed by atoms with E-state index >= 15 is 0 Å². The Morgan fingerprint density at radius 1 is 1.04 bits per heavy atom. The number of hydrogen-bond acceptors (Lipinski definition) is 5. The Balaban J connectivity index is 1.23. The van der Waals surface area contributed by atoms with E-state index in [0.29, 0.717) is 30.4 Å². The molecule has 28 heavy (non-hydrogen) atoms. The van der Waals surface area contributed by atoms with Crippen LogP contribution in [0.25, 0.3) is 17.1 Å². The number of carbonyl (C=O) groups excluding carboxylic acids is 1. The monoisotopic (exact) mass is 371 g/mol. The van der Waals surface area contributed by atoms with Crippen LogP contribution in [0, 0.1) is 0 Å². The van der Waals surface area contributed by atoms with Crippen molar-refractivity contribution in [3.05, 3.63) is 84.8 Å². The Bertz CT molecular complexity index is 1080. The van der Waals surface area contributed by atoms with Crippen molar-refractivity contribution in [3.63, 3.8) is 0 Å². The number of rotatable bonds is 4. The minimum atomic E-state index is 0.0160. The summed E-state index contributed by atoms with van der Waals surface area (Å²) in [5, 5.41) is 4.02. The molecule has 1 aliphatic heterocycles. The number of carbonyl (C=O) groups is 1.